The summed E-state index contributed by atoms with van der Waals surface area (Å²) < 4.78 is 5.55. The van der Waals surface area contributed by atoms with Crippen LogP contribution in [0.15, 0.2) is 4.99 Å². The third kappa shape index (κ3) is 10.6. The predicted octanol–water partition coefficient (Wildman–Crippen LogP) is 2.32. The molecule has 0 aliphatic carbocycles. The first-order chi connectivity index (χ1) is 10.3. The van der Waals surface area contributed by atoms with Gasteiger partial charge in [-0.2, -0.15) is 0 Å². The molecule has 0 aromatic carbocycles. The van der Waals surface area contributed by atoms with Gasteiger partial charge in [-0.3, -0.25) is 4.99 Å². The molecule has 1 heterocycles. The zero-order valence-corrected chi connectivity index (χ0v) is 16.9. The minimum absolute atomic E-state index is 0. The van der Waals surface area contributed by atoms with Gasteiger partial charge in [-0.15, -0.1) is 24.0 Å². The van der Waals surface area contributed by atoms with Gasteiger partial charge in [-0.1, -0.05) is 13.3 Å². The standard InChI is InChI=1S/C16H34N4O.HI/c1-4-5-12-21-13-6-9-18-16(17-2)19-14-15-7-10-20(3)11-8-15;/h15H,4-14H2,1-3H3,(H2,17,18,19);1H. The van der Waals surface area contributed by atoms with Crippen LogP contribution in [0.4, 0.5) is 0 Å². The van der Waals surface area contributed by atoms with Gasteiger partial charge in [0.05, 0.1) is 0 Å². The summed E-state index contributed by atoms with van der Waals surface area (Å²) in [6.45, 7) is 8.28. The van der Waals surface area contributed by atoms with Crippen LogP contribution in [0.3, 0.4) is 0 Å². The summed E-state index contributed by atoms with van der Waals surface area (Å²) in [5.41, 5.74) is 0. The van der Waals surface area contributed by atoms with Crippen molar-refractivity contribution in [3.8, 4) is 0 Å². The first-order valence-corrected chi connectivity index (χ1v) is 8.47. The second-order valence-electron chi connectivity index (χ2n) is 5.95. The smallest absolute Gasteiger partial charge is 0.190 e. The lowest BCUT2D eigenvalue weighted by Gasteiger charge is -2.29. The fraction of sp³-hybridized carbons (Fsp3) is 0.938. The molecule has 0 aromatic rings. The quantitative estimate of drug-likeness (QED) is 0.257. The van der Waals surface area contributed by atoms with E-state index >= 15 is 0 Å². The van der Waals surface area contributed by atoms with Crippen LogP contribution in [-0.2, 0) is 4.74 Å². The Morgan fingerprint density at radius 2 is 1.86 bits per heavy atom. The van der Waals surface area contributed by atoms with E-state index in [1.54, 1.807) is 0 Å². The lowest BCUT2D eigenvalue weighted by Crippen LogP contribution is -2.42. The Kier molecular flexibility index (Phi) is 14.5. The molecule has 0 unspecified atom stereocenters. The van der Waals surface area contributed by atoms with Crippen LogP contribution < -0.4 is 10.6 Å². The van der Waals surface area contributed by atoms with Gasteiger partial charge < -0.3 is 20.3 Å². The molecule has 0 aromatic heterocycles. The van der Waals surface area contributed by atoms with Gasteiger partial charge in [0.1, 0.15) is 0 Å². The van der Waals surface area contributed by atoms with Crippen molar-refractivity contribution < 1.29 is 4.74 Å². The molecule has 0 bridgehead atoms. The fourth-order valence-electron chi connectivity index (χ4n) is 2.46. The second-order valence-corrected chi connectivity index (χ2v) is 5.95. The van der Waals surface area contributed by atoms with Gasteiger partial charge in [0.25, 0.3) is 0 Å². The number of rotatable bonds is 9. The van der Waals surface area contributed by atoms with E-state index in [1.165, 1.54) is 32.4 Å². The number of aliphatic imine (C=N–C) groups is 1. The Morgan fingerprint density at radius 3 is 2.50 bits per heavy atom. The lowest BCUT2D eigenvalue weighted by atomic mass is 9.97. The van der Waals surface area contributed by atoms with Crippen molar-refractivity contribution >= 4 is 29.9 Å². The van der Waals surface area contributed by atoms with Crippen LogP contribution >= 0.6 is 24.0 Å². The van der Waals surface area contributed by atoms with E-state index in [1.807, 2.05) is 7.05 Å². The van der Waals surface area contributed by atoms with Crippen LogP contribution in [-0.4, -0.2) is 64.3 Å². The Hall–Kier alpha value is -0.0800. The van der Waals surface area contributed by atoms with E-state index in [2.05, 4.69) is 34.5 Å². The number of likely N-dealkylation sites (tertiary alicyclic amines) is 1. The molecule has 2 N–H and O–H groups in total. The molecule has 0 spiro atoms. The summed E-state index contributed by atoms with van der Waals surface area (Å²) >= 11 is 0. The van der Waals surface area contributed by atoms with Crippen LogP contribution in [0, 0.1) is 5.92 Å². The van der Waals surface area contributed by atoms with Crippen molar-refractivity contribution in [3.63, 3.8) is 0 Å². The number of piperidine rings is 1. The maximum atomic E-state index is 5.55. The number of halogens is 1. The minimum Gasteiger partial charge on any atom is -0.381 e. The molecule has 22 heavy (non-hydrogen) atoms. The Labute approximate surface area is 153 Å². The van der Waals surface area contributed by atoms with Gasteiger partial charge >= 0.3 is 0 Å². The Morgan fingerprint density at radius 1 is 1.18 bits per heavy atom. The molecule has 0 saturated carbocycles. The van der Waals surface area contributed by atoms with Gasteiger partial charge in [0, 0.05) is 33.4 Å². The predicted molar refractivity (Wildman–Crippen MR) is 105 cm³/mol. The average Bonchev–Trinajstić information content (AvgIpc) is 2.51. The molecule has 0 radical (unpaired) electrons. The summed E-state index contributed by atoms with van der Waals surface area (Å²) in [5, 5.41) is 6.80. The first-order valence-electron chi connectivity index (χ1n) is 8.47. The van der Waals surface area contributed by atoms with E-state index < -0.39 is 0 Å². The molecule has 1 aliphatic rings. The number of guanidine groups is 1. The van der Waals surface area contributed by atoms with Gasteiger partial charge in [-0.25, -0.2) is 0 Å². The van der Waals surface area contributed by atoms with Crippen molar-refractivity contribution in [3.05, 3.63) is 0 Å². The molecule has 1 aliphatic heterocycles. The molecular weight excluding hydrogens is 391 g/mol. The van der Waals surface area contributed by atoms with Gasteiger partial charge in [0.15, 0.2) is 5.96 Å². The van der Waals surface area contributed by atoms with E-state index in [0.717, 1.165) is 51.0 Å². The zero-order chi connectivity index (χ0) is 15.3. The van der Waals surface area contributed by atoms with E-state index in [-0.39, 0.29) is 24.0 Å². The molecule has 1 rings (SSSR count). The molecule has 1 fully saturated rings. The normalized spacial score (nSPS) is 17.1. The van der Waals surface area contributed by atoms with Crippen LogP contribution in [0.2, 0.25) is 0 Å². The third-order valence-electron chi connectivity index (χ3n) is 4.02. The van der Waals surface area contributed by atoms with Gasteiger partial charge in [0.2, 0.25) is 0 Å². The molecule has 0 amide bonds. The highest BCUT2D eigenvalue weighted by Gasteiger charge is 2.16. The lowest BCUT2D eigenvalue weighted by molar-refractivity contribution is 0.129. The highest BCUT2D eigenvalue weighted by Crippen LogP contribution is 2.14. The average molecular weight is 426 g/mol. The van der Waals surface area contributed by atoms with Crippen LogP contribution in [0.5, 0.6) is 0 Å². The van der Waals surface area contributed by atoms with Crippen molar-refractivity contribution in [2.75, 3.05) is 53.5 Å². The number of hydrogen-bond donors (Lipinski definition) is 2. The zero-order valence-electron chi connectivity index (χ0n) is 14.6. The number of nitrogens with one attached hydrogen (secondary N) is 2. The van der Waals surface area contributed by atoms with Crippen molar-refractivity contribution in [1.29, 1.82) is 0 Å². The van der Waals surface area contributed by atoms with Crippen LogP contribution in [0.1, 0.15) is 39.0 Å². The summed E-state index contributed by atoms with van der Waals surface area (Å²) in [5.74, 6) is 1.69. The third-order valence-corrected chi connectivity index (χ3v) is 4.02. The number of nitrogens with zero attached hydrogens (tertiary/aromatic N) is 2. The van der Waals surface area contributed by atoms with E-state index in [9.17, 15) is 0 Å². The fourth-order valence-corrected chi connectivity index (χ4v) is 2.46. The molecule has 0 atom stereocenters. The SMILES string of the molecule is CCCCOCCCNC(=NC)NCC1CCN(C)CC1.I. The van der Waals surface area contributed by atoms with Gasteiger partial charge in [-0.05, 0) is 51.7 Å². The van der Waals surface area contributed by atoms with Crippen molar-refractivity contribution in [2.45, 2.75) is 39.0 Å². The Bertz CT molecular complexity index is 281. The first kappa shape index (κ1) is 21.9. The van der Waals surface area contributed by atoms with Crippen molar-refractivity contribution in [2.24, 2.45) is 10.9 Å². The van der Waals surface area contributed by atoms with Crippen molar-refractivity contribution in [1.82, 2.24) is 15.5 Å². The molecule has 132 valence electrons. The monoisotopic (exact) mass is 426 g/mol. The largest absolute Gasteiger partial charge is 0.381 e. The highest BCUT2D eigenvalue weighted by atomic mass is 127. The maximum absolute atomic E-state index is 5.55. The summed E-state index contributed by atoms with van der Waals surface area (Å²) in [6.07, 6.45) is 5.95. The minimum atomic E-state index is 0. The topological polar surface area (TPSA) is 48.9 Å². The molecule has 6 heteroatoms. The maximum Gasteiger partial charge on any atom is 0.190 e. The Balaban J connectivity index is 0.00000441. The van der Waals surface area contributed by atoms with Crippen LogP contribution in [0.25, 0.3) is 0 Å². The number of unbranched alkanes of at least 4 members (excludes halogenated alkanes) is 1. The number of ether oxygens (including phenoxy) is 1. The van der Waals surface area contributed by atoms with E-state index in [0.29, 0.717) is 0 Å². The number of hydrogen-bond acceptors (Lipinski definition) is 3. The van der Waals surface area contributed by atoms with E-state index in [4.69, 9.17) is 4.74 Å². The summed E-state index contributed by atoms with van der Waals surface area (Å²) in [7, 11) is 4.04. The summed E-state index contributed by atoms with van der Waals surface area (Å²) in [4.78, 5) is 6.68. The molecule has 5 nitrogen and oxygen atoms in total. The summed E-state index contributed by atoms with van der Waals surface area (Å²) in [6, 6.07) is 0. The second kappa shape index (κ2) is 14.5. The highest BCUT2D eigenvalue weighted by molar-refractivity contribution is 14.0. The molecule has 1 saturated heterocycles. The molecular formula is C16H35IN4O.